The van der Waals surface area contributed by atoms with Gasteiger partial charge >= 0.3 is 0 Å². The number of hydrogen-bond acceptors (Lipinski definition) is 5. The Morgan fingerprint density at radius 1 is 1.09 bits per heavy atom. The molecule has 2 heterocycles. The molecule has 0 spiro atoms. The third kappa shape index (κ3) is 4.62. The van der Waals surface area contributed by atoms with E-state index in [0.29, 0.717) is 42.7 Å². The summed E-state index contributed by atoms with van der Waals surface area (Å²) < 4.78 is 18.1. The van der Waals surface area contributed by atoms with Crippen molar-refractivity contribution >= 4 is 11.7 Å². The Bertz CT molecular complexity index is 921. The summed E-state index contributed by atoms with van der Waals surface area (Å²) in [5.41, 5.74) is 1.40. The lowest BCUT2D eigenvalue weighted by Gasteiger charge is -2.35. The van der Waals surface area contributed by atoms with Gasteiger partial charge in [-0.25, -0.2) is 0 Å². The molecular formula is C27H37NO5. The highest BCUT2D eigenvalue weighted by molar-refractivity contribution is 6.11. The van der Waals surface area contributed by atoms with Crippen LogP contribution in [0.3, 0.4) is 0 Å². The zero-order valence-corrected chi connectivity index (χ0v) is 20.4. The molecule has 3 aliphatic rings. The van der Waals surface area contributed by atoms with Crippen LogP contribution in [0.1, 0.15) is 77.8 Å². The van der Waals surface area contributed by atoms with Crippen molar-refractivity contribution in [2.45, 2.75) is 78.4 Å². The topological polar surface area (TPSA) is 65.1 Å². The number of carbonyl (C=O) groups excluding carboxylic acids is 2. The van der Waals surface area contributed by atoms with Gasteiger partial charge in [-0.15, -0.1) is 0 Å². The van der Waals surface area contributed by atoms with Crippen molar-refractivity contribution < 1.29 is 23.8 Å². The summed E-state index contributed by atoms with van der Waals surface area (Å²) in [6.07, 6.45) is 5.36. The van der Waals surface area contributed by atoms with E-state index in [4.69, 9.17) is 14.2 Å². The zero-order chi connectivity index (χ0) is 23.5. The first-order valence-corrected chi connectivity index (χ1v) is 12.6. The Kier molecular flexibility index (Phi) is 7.30. The van der Waals surface area contributed by atoms with E-state index < -0.39 is 6.04 Å². The van der Waals surface area contributed by atoms with Gasteiger partial charge < -0.3 is 19.1 Å². The second kappa shape index (κ2) is 10.2. The zero-order valence-electron chi connectivity index (χ0n) is 20.4. The molecule has 1 saturated carbocycles. The quantitative estimate of drug-likeness (QED) is 0.511. The van der Waals surface area contributed by atoms with Gasteiger partial charge in [-0.2, -0.15) is 0 Å². The molecule has 0 N–H and O–H groups in total. The van der Waals surface area contributed by atoms with Crippen molar-refractivity contribution in [2.24, 2.45) is 11.8 Å². The van der Waals surface area contributed by atoms with E-state index in [2.05, 4.69) is 13.8 Å². The molecule has 1 aromatic carbocycles. The Balaban J connectivity index is 1.70. The Morgan fingerprint density at radius 2 is 1.88 bits per heavy atom. The largest absolute Gasteiger partial charge is 0.490 e. The van der Waals surface area contributed by atoms with E-state index in [0.717, 1.165) is 44.1 Å². The highest BCUT2D eigenvalue weighted by atomic mass is 16.5. The molecule has 33 heavy (non-hydrogen) atoms. The van der Waals surface area contributed by atoms with Crippen LogP contribution in [0.5, 0.6) is 11.5 Å². The summed E-state index contributed by atoms with van der Waals surface area (Å²) in [7, 11) is 0. The van der Waals surface area contributed by atoms with Gasteiger partial charge in [0.05, 0.1) is 30.7 Å². The molecule has 4 rings (SSSR count). The maximum atomic E-state index is 13.6. The van der Waals surface area contributed by atoms with Crippen LogP contribution >= 0.6 is 0 Å². The average Bonchev–Trinajstić information content (AvgIpc) is 3.07. The minimum absolute atomic E-state index is 0.0909. The number of fused-ring (bicyclic) bond motifs is 1. The molecule has 180 valence electrons. The van der Waals surface area contributed by atoms with E-state index >= 15 is 0 Å². The van der Waals surface area contributed by atoms with Gasteiger partial charge in [-0.1, -0.05) is 33.3 Å². The van der Waals surface area contributed by atoms with Gasteiger partial charge in [-0.05, 0) is 62.6 Å². The second-order valence-electron chi connectivity index (χ2n) is 9.73. The molecule has 1 aliphatic carbocycles. The summed E-state index contributed by atoms with van der Waals surface area (Å²) in [4.78, 5) is 28.8. The summed E-state index contributed by atoms with van der Waals surface area (Å²) in [5, 5.41) is 0. The predicted octanol–water partition coefficient (Wildman–Crippen LogP) is 5.22. The van der Waals surface area contributed by atoms with Crippen LogP contribution in [-0.2, 0) is 14.3 Å². The molecule has 0 bridgehead atoms. The number of rotatable bonds is 9. The van der Waals surface area contributed by atoms with Gasteiger partial charge in [-0.3, -0.25) is 9.59 Å². The lowest BCUT2D eigenvalue weighted by atomic mass is 9.77. The van der Waals surface area contributed by atoms with E-state index in [9.17, 15) is 9.59 Å². The monoisotopic (exact) mass is 455 g/mol. The summed E-state index contributed by atoms with van der Waals surface area (Å²) >= 11 is 0. The molecule has 2 aliphatic heterocycles. The minimum Gasteiger partial charge on any atom is -0.490 e. The van der Waals surface area contributed by atoms with Crippen molar-refractivity contribution in [1.82, 2.24) is 4.90 Å². The van der Waals surface area contributed by atoms with Crippen LogP contribution in [0.25, 0.3) is 0 Å². The highest BCUT2D eigenvalue weighted by Gasteiger charge is 2.51. The first kappa shape index (κ1) is 23.7. The van der Waals surface area contributed by atoms with E-state index in [-0.39, 0.29) is 29.5 Å². The summed E-state index contributed by atoms with van der Waals surface area (Å²) in [6, 6.07) is 5.37. The molecule has 6 nitrogen and oxygen atoms in total. The van der Waals surface area contributed by atoms with Crippen molar-refractivity contribution in [2.75, 3.05) is 19.8 Å². The number of benzene rings is 1. The van der Waals surface area contributed by atoms with Crippen molar-refractivity contribution in [3.8, 4) is 11.5 Å². The van der Waals surface area contributed by atoms with E-state index in [1.807, 2.05) is 32.0 Å². The van der Waals surface area contributed by atoms with Gasteiger partial charge in [0.15, 0.2) is 23.0 Å². The van der Waals surface area contributed by atoms with Gasteiger partial charge in [0.2, 0.25) is 0 Å². The summed E-state index contributed by atoms with van der Waals surface area (Å²) in [6.45, 7) is 10.0. The molecule has 1 amide bonds. The van der Waals surface area contributed by atoms with Crippen LogP contribution < -0.4 is 9.47 Å². The molecule has 1 aromatic rings. The fraction of sp³-hybridized carbons (Fsp3) is 0.630. The number of nitrogens with zero attached hydrogens (tertiary/aromatic N) is 1. The highest BCUT2D eigenvalue weighted by Crippen LogP contribution is 2.47. The Labute approximate surface area is 197 Å². The first-order valence-electron chi connectivity index (χ1n) is 12.6. The van der Waals surface area contributed by atoms with Crippen molar-refractivity contribution in [1.29, 1.82) is 0 Å². The SMILES string of the molecule is CCCN1C(=O)C2=C(C(=O)C3CCCCC3O2)C1c1ccc(OCCC(C)C)c(OCC)c1. The molecule has 3 unspecified atom stereocenters. The van der Waals surface area contributed by atoms with Gasteiger partial charge in [0, 0.05) is 6.54 Å². The molecule has 6 heteroatoms. The first-order chi connectivity index (χ1) is 16.0. The number of Topliss-reactive ketones (excluding diaryl/α,β-unsaturated/α-hetero) is 1. The number of ether oxygens (including phenoxy) is 3. The number of ketones is 1. The smallest absolute Gasteiger partial charge is 0.290 e. The fourth-order valence-electron chi connectivity index (χ4n) is 5.20. The Hall–Kier alpha value is -2.50. The van der Waals surface area contributed by atoms with Crippen LogP contribution in [-0.4, -0.2) is 42.5 Å². The fourth-order valence-corrected chi connectivity index (χ4v) is 5.20. The van der Waals surface area contributed by atoms with Crippen molar-refractivity contribution in [3.05, 3.63) is 35.1 Å². The maximum Gasteiger partial charge on any atom is 0.290 e. The van der Waals surface area contributed by atoms with Crippen LogP contribution in [0.4, 0.5) is 0 Å². The third-order valence-electron chi connectivity index (χ3n) is 6.86. The van der Waals surface area contributed by atoms with Gasteiger partial charge in [0.1, 0.15) is 6.10 Å². The van der Waals surface area contributed by atoms with Crippen LogP contribution in [0, 0.1) is 11.8 Å². The second-order valence-corrected chi connectivity index (χ2v) is 9.73. The normalized spacial score (nSPS) is 24.6. The van der Waals surface area contributed by atoms with E-state index in [1.165, 1.54) is 0 Å². The lowest BCUT2D eigenvalue weighted by Crippen LogP contribution is -2.39. The van der Waals surface area contributed by atoms with Gasteiger partial charge in [0.25, 0.3) is 5.91 Å². The molecule has 0 saturated heterocycles. The minimum atomic E-state index is -0.438. The molecule has 0 radical (unpaired) electrons. The van der Waals surface area contributed by atoms with E-state index in [1.54, 1.807) is 4.90 Å². The molecule has 0 aromatic heterocycles. The molecule has 1 fully saturated rings. The number of carbonyl (C=O) groups is 2. The number of hydrogen-bond donors (Lipinski definition) is 0. The van der Waals surface area contributed by atoms with Crippen molar-refractivity contribution in [3.63, 3.8) is 0 Å². The summed E-state index contributed by atoms with van der Waals surface area (Å²) in [5.74, 6) is 1.96. The number of amides is 1. The average molecular weight is 456 g/mol. The molecular weight excluding hydrogens is 418 g/mol. The maximum absolute atomic E-state index is 13.6. The molecule has 3 atom stereocenters. The Morgan fingerprint density at radius 3 is 2.61 bits per heavy atom. The lowest BCUT2D eigenvalue weighted by molar-refractivity contribution is -0.135. The van der Waals surface area contributed by atoms with Crippen LogP contribution in [0.2, 0.25) is 0 Å². The standard InChI is InChI=1S/C27H37NO5/c1-5-14-28-24(18-11-12-21(22(16-18)31-6-2)32-15-13-17(3)4)23-25(29)19-9-7-8-10-20(19)33-26(23)27(28)30/h11-12,16-17,19-20,24H,5-10,13-15H2,1-4H3. The van der Waals surface area contributed by atoms with Crippen LogP contribution in [0.15, 0.2) is 29.5 Å². The third-order valence-corrected chi connectivity index (χ3v) is 6.86. The predicted molar refractivity (Wildman–Crippen MR) is 126 cm³/mol.